The average Bonchev–Trinajstić information content (AvgIpc) is 2.80. The summed E-state index contributed by atoms with van der Waals surface area (Å²) in [6, 6.07) is 1.01. The minimum atomic E-state index is -0.751. The molecule has 9 heteroatoms. The normalized spacial score (nSPS) is 19.0. The molecule has 0 atom stereocenters. The Bertz CT molecular complexity index is 951. The van der Waals surface area contributed by atoms with E-state index in [2.05, 4.69) is 5.16 Å². The predicted molar refractivity (Wildman–Crippen MR) is 125 cm³/mol. The smallest absolute Gasteiger partial charge is 0.342 e. The first-order chi connectivity index (χ1) is 16.0. The number of halogens is 1. The van der Waals surface area contributed by atoms with Crippen molar-refractivity contribution in [2.45, 2.75) is 44.9 Å². The van der Waals surface area contributed by atoms with Gasteiger partial charge in [-0.3, -0.25) is 4.79 Å². The summed E-state index contributed by atoms with van der Waals surface area (Å²) >= 11 is 6.29. The molecule has 0 saturated carbocycles. The maximum atomic E-state index is 12.7. The highest BCUT2D eigenvalue weighted by Crippen LogP contribution is 2.37. The number of carbonyl (C=O) groups is 2. The van der Waals surface area contributed by atoms with Gasteiger partial charge >= 0.3 is 5.97 Å². The van der Waals surface area contributed by atoms with Crippen LogP contribution >= 0.6 is 11.6 Å². The highest BCUT2D eigenvalue weighted by molar-refractivity contribution is 6.33. The lowest BCUT2D eigenvalue weighted by molar-refractivity contribution is -0.137. The van der Waals surface area contributed by atoms with Crippen molar-refractivity contribution < 1.29 is 29.4 Å². The van der Waals surface area contributed by atoms with Crippen molar-refractivity contribution in [3.8, 4) is 11.5 Å². The topological polar surface area (TPSA) is 109 Å². The molecule has 2 aliphatic rings. The van der Waals surface area contributed by atoms with Gasteiger partial charge in [0.25, 0.3) is 5.91 Å². The van der Waals surface area contributed by atoms with E-state index < -0.39 is 11.7 Å². The van der Waals surface area contributed by atoms with E-state index in [0.29, 0.717) is 12.1 Å². The summed E-state index contributed by atoms with van der Waals surface area (Å²) in [7, 11) is 0. The number of benzene rings is 1. The standard InChI is InChI=1S/C24H29ClN2O6/c25-23-18-14-17(26-33-16-21(30)27-11-7-5-8-12-27)10-6-3-1-2-4-9-13-32-24(31)22(18)19(28)15-20(23)29/h2,4,6,10,15,28-29H,1,3,5,7-9,11-14,16H2. The molecule has 2 N–H and O–H groups in total. The number of piperidine rings is 1. The molecule has 0 radical (unpaired) electrons. The number of carbonyl (C=O) groups excluding carboxylic acids is 2. The van der Waals surface area contributed by atoms with Gasteiger partial charge in [-0.1, -0.05) is 35.0 Å². The summed E-state index contributed by atoms with van der Waals surface area (Å²) in [6.07, 6.45) is 12.7. The van der Waals surface area contributed by atoms with E-state index in [4.69, 9.17) is 21.2 Å². The highest BCUT2D eigenvalue weighted by Gasteiger charge is 2.24. The number of allylic oxidation sites excluding steroid dienone is 3. The van der Waals surface area contributed by atoms with Crippen LogP contribution in [0.4, 0.5) is 0 Å². The number of phenolic OH excluding ortho intramolecular Hbond substituents is 2. The molecule has 2 aliphatic heterocycles. The molecular formula is C24H29ClN2O6. The van der Waals surface area contributed by atoms with Crippen LogP contribution in [0.5, 0.6) is 11.5 Å². The summed E-state index contributed by atoms with van der Waals surface area (Å²) < 4.78 is 5.27. The lowest BCUT2D eigenvalue weighted by Gasteiger charge is -2.26. The molecule has 0 unspecified atom stereocenters. The molecule has 1 aromatic carbocycles. The zero-order chi connectivity index (χ0) is 23.6. The Morgan fingerprint density at radius 1 is 1.09 bits per heavy atom. The largest absolute Gasteiger partial charge is 0.507 e. The van der Waals surface area contributed by atoms with Gasteiger partial charge in [-0.15, -0.1) is 0 Å². The Kier molecular flexibility index (Phi) is 9.18. The molecule has 0 aliphatic carbocycles. The van der Waals surface area contributed by atoms with Crippen LogP contribution in [-0.4, -0.2) is 59.0 Å². The summed E-state index contributed by atoms with van der Waals surface area (Å²) in [5, 5.41) is 24.5. The predicted octanol–water partition coefficient (Wildman–Crippen LogP) is 4.13. The van der Waals surface area contributed by atoms with Crippen LogP contribution in [0.1, 0.15) is 54.4 Å². The molecule has 1 saturated heterocycles. The first kappa shape index (κ1) is 24.6. The van der Waals surface area contributed by atoms with Gasteiger partial charge in [0.2, 0.25) is 0 Å². The van der Waals surface area contributed by atoms with E-state index in [0.717, 1.165) is 51.3 Å². The molecule has 178 valence electrons. The third kappa shape index (κ3) is 6.99. The van der Waals surface area contributed by atoms with E-state index >= 15 is 0 Å². The third-order valence-corrected chi connectivity index (χ3v) is 5.88. The van der Waals surface area contributed by atoms with E-state index in [1.807, 2.05) is 18.2 Å². The number of hydrogen-bond donors (Lipinski definition) is 2. The van der Waals surface area contributed by atoms with E-state index in [1.54, 1.807) is 11.0 Å². The molecule has 33 heavy (non-hydrogen) atoms. The number of amides is 1. The van der Waals surface area contributed by atoms with Gasteiger partial charge in [0, 0.05) is 25.6 Å². The molecule has 0 spiro atoms. The number of nitrogens with zero attached hydrogens (tertiary/aromatic N) is 2. The fourth-order valence-corrected chi connectivity index (χ4v) is 3.94. The van der Waals surface area contributed by atoms with Crippen LogP contribution < -0.4 is 0 Å². The second kappa shape index (κ2) is 12.3. The molecule has 1 amide bonds. The van der Waals surface area contributed by atoms with Crippen molar-refractivity contribution in [3.05, 3.63) is 46.5 Å². The lowest BCUT2D eigenvalue weighted by atomic mass is 9.99. The number of rotatable bonds is 3. The number of oxime groups is 1. The maximum absolute atomic E-state index is 12.7. The monoisotopic (exact) mass is 476 g/mol. The molecule has 3 rings (SSSR count). The Morgan fingerprint density at radius 2 is 1.82 bits per heavy atom. The zero-order valence-electron chi connectivity index (χ0n) is 18.5. The first-order valence-electron chi connectivity index (χ1n) is 11.2. The number of fused-ring (bicyclic) bond motifs is 1. The van der Waals surface area contributed by atoms with Gasteiger partial charge in [-0.05, 0) is 50.2 Å². The molecule has 0 bridgehead atoms. The minimum absolute atomic E-state index is 0.0184. The third-order valence-electron chi connectivity index (χ3n) is 5.46. The molecule has 0 aromatic heterocycles. The Morgan fingerprint density at radius 3 is 2.61 bits per heavy atom. The number of ether oxygens (including phenoxy) is 1. The number of hydrogen-bond acceptors (Lipinski definition) is 7. The number of cyclic esters (lactones) is 1. The Labute approximate surface area is 198 Å². The minimum Gasteiger partial charge on any atom is -0.507 e. The number of phenols is 2. The fraction of sp³-hybridized carbons (Fsp3) is 0.458. The van der Waals surface area contributed by atoms with Crippen LogP contribution in [0.15, 0.2) is 35.5 Å². The zero-order valence-corrected chi connectivity index (χ0v) is 19.2. The average molecular weight is 477 g/mol. The summed E-state index contributed by atoms with van der Waals surface area (Å²) in [5.41, 5.74) is 0.411. The first-order valence-corrected chi connectivity index (χ1v) is 11.5. The van der Waals surface area contributed by atoms with Gasteiger partial charge in [0.1, 0.15) is 17.1 Å². The SMILES string of the molecule is O=C1OCCC=CCCC=CC(=NOCC(=O)N2CCCCC2)Cc2c(Cl)c(O)cc(O)c21. The Hall–Kier alpha value is -3.00. The van der Waals surface area contributed by atoms with Crippen LogP contribution in [0.25, 0.3) is 0 Å². The van der Waals surface area contributed by atoms with Crippen molar-refractivity contribution in [1.29, 1.82) is 0 Å². The second-order valence-corrected chi connectivity index (χ2v) is 8.31. The molecule has 2 heterocycles. The Balaban J connectivity index is 1.86. The summed E-state index contributed by atoms with van der Waals surface area (Å²) in [5.74, 6) is -1.69. The number of esters is 1. The molecule has 1 aromatic rings. The van der Waals surface area contributed by atoms with Gasteiger partial charge < -0.3 is 24.7 Å². The number of aromatic hydroxyl groups is 2. The van der Waals surface area contributed by atoms with E-state index in [1.165, 1.54) is 0 Å². The van der Waals surface area contributed by atoms with Crippen molar-refractivity contribution >= 4 is 29.2 Å². The molecule has 8 nitrogen and oxygen atoms in total. The maximum Gasteiger partial charge on any atom is 0.342 e. The summed E-state index contributed by atoms with van der Waals surface area (Å²) in [6.45, 7) is 1.38. The van der Waals surface area contributed by atoms with Gasteiger partial charge in [0.15, 0.2) is 6.61 Å². The van der Waals surface area contributed by atoms with Crippen LogP contribution in [-0.2, 0) is 20.8 Å². The van der Waals surface area contributed by atoms with Crippen LogP contribution in [0, 0.1) is 0 Å². The van der Waals surface area contributed by atoms with Crippen LogP contribution in [0.3, 0.4) is 0 Å². The summed E-state index contributed by atoms with van der Waals surface area (Å²) in [4.78, 5) is 32.1. The quantitative estimate of drug-likeness (QED) is 0.385. The molecular weight excluding hydrogens is 448 g/mol. The van der Waals surface area contributed by atoms with Gasteiger partial charge in [-0.2, -0.15) is 0 Å². The lowest BCUT2D eigenvalue weighted by Crippen LogP contribution is -2.37. The van der Waals surface area contributed by atoms with Gasteiger partial charge in [0.05, 0.1) is 17.3 Å². The van der Waals surface area contributed by atoms with Crippen molar-refractivity contribution in [1.82, 2.24) is 4.90 Å². The van der Waals surface area contributed by atoms with Gasteiger partial charge in [-0.25, -0.2) is 4.79 Å². The second-order valence-electron chi connectivity index (χ2n) is 7.93. The van der Waals surface area contributed by atoms with Crippen molar-refractivity contribution in [2.75, 3.05) is 26.3 Å². The molecule has 1 fully saturated rings. The van der Waals surface area contributed by atoms with Crippen molar-refractivity contribution in [3.63, 3.8) is 0 Å². The van der Waals surface area contributed by atoms with E-state index in [-0.39, 0.29) is 47.4 Å². The highest BCUT2D eigenvalue weighted by atomic mass is 35.5. The number of likely N-dealkylation sites (tertiary alicyclic amines) is 1. The van der Waals surface area contributed by atoms with Crippen molar-refractivity contribution in [2.24, 2.45) is 5.16 Å². The fourth-order valence-electron chi connectivity index (χ4n) is 3.72. The van der Waals surface area contributed by atoms with Crippen LogP contribution in [0.2, 0.25) is 5.02 Å². The van der Waals surface area contributed by atoms with E-state index in [9.17, 15) is 19.8 Å².